The highest BCUT2D eigenvalue weighted by atomic mass is 35.5. The summed E-state index contributed by atoms with van der Waals surface area (Å²) in [4.78, 5) is 32.4. The Labute approximate surface area is 252 Å². The molecule has 212 valence electrons. The fourth-order valence-corrected chi connectivity index (χ4v) is 6.78. The second-order valence-electron chi connectivity index (χ2n) is 10.7. The molecule has 0 bridgehead atoms. The van der Waals surface area contributed by atoms with E-state index in [4.69, 9.17) is 21.3 Å². The van der Waals surface area contributed by atoms with E-state index in [1.54, 1.807) is 11.5 Å². The first-order valence-electron chi connectivity index (χ1n) is 13.8. The number of thiazole rings is 1. The van der Waals surface area contributed by atoms with Gasteiger partial charge in [-0.1, -0.05) is 97.4 Å². The van der Waals surface area contributed by atoms with Crippen molar-refractivity contribution in [1.82, 2.24) is 9.13 Å². The number of methoxy groups -OCH3 is 1. The van der Waals surface area contributed by atoms with Crippen LogP contribution in [-0.4, -0.2) is 22.2 Å². The van der Waals surface area contributed by atoms with Crippen LogP contribution in [0.2, 0.25) is 5.02 Å². The van der Waals surface area contributed by atoms with Gasteiger partial charge in [0.2, 0.25) is 0 Å². The highest BCUT2D eigenvalue weighted by molar-refractivity contribution is 7.07. The van der Waals surface area contributed by atoms with Crippen molar-refractivity contribution in [2.24, 2.45) is 4.99 Å². The maximum atomic E-state index is 14.1. The predicted molar refractivity (Wildman–Crippen MR) is 169 cm³/mol. The molecular weight excluding hydrogens is 566 g/mol. The van der Waals surface area contributed by atoms with Crippen LogP contribution in [0.25, 0.3) is 17.0 Å². The molecule has 0 fully saturated rings. The van der Waals surface area contributed by atoms with E-state index in [2.05, 4.69) is 36.7 Å². The number of ether oxygens (including phenoxy) is 1. The minimum Gasteiger partial charge on any atom is -0.466 e. The third-order valence-corrected chi connectivity index (χ3v) is 9.10. The Kier molecular flexibility index (Phi) is 7.47. The van der Waals surface area contributed by atoms with E-state index < -0.39 is 12.0 Å². The van der Waals surface area contributed by atoms with Crippen LogP contribution in [0.1, 0.15) is 55.0 Å². The number of nitrogens with zero attached hydrogens (tertiary/aromatic N) is 3. The van der Waals surface area contributed by atoms with Gasteiger partial charge in [-0.05, 0) is 47.7 Å². The third-order valence-electron chi connectivity index (χ3n) is 7.75. The molecule has 3 aromatic carbocycles. The first kappa shape index (κ1) is 27.9. The normalized spacial score (nSPS) is 15.3. The Morgan fingerprint density at radius 3 is 2.50 bits per heavy atom. The number of allylic oxidation sites excluding steroid dienone is 1. The molecule has 5 aromatic rings. The van der Waals surface area contributed by atoms with Crippen LogP contribution < -0.4 is 14.9 Å². The molecule has 0 radical (unpaired) electrons. The van der Waals surface area contributed by atoms with E-state index in [9.17, 15) is 9.59 Å². The van der Waals surface area contributed by atoms with E-state index in [0.717, 1.165) is 27.6 Å². The zero-order valence-electron chi connectivity index (χ0n) is 23.8. The molecule has 8 heteroatoms. The Morgan fingerprint density at radius 1 is 1.07 bits per heavy atom. The molecule has 0 spiro atoms. The lowest BCUT2D eigenvalue weighted by molar-refractivity contribution is -0.136. The Bertz CT molecular complexity index is 2050. The predicted octanol–water partition coefficient (Wildman–Crippen LogP) is 6.19. The minimum atomic E-state index is -0.640. The second kappa shape index (κ2) is 11.2. The van der Waals surface area contributed by atoms with E-state index in [0.29, 0.717) is 38.1 Å². The summed E-state index contributed by atoms with van der Waals surface area (Å²) in [5.41, 5.74) is 5.70. The molecule has 0 aliphatic carbocycles. The summed E-state index contributed by atoms with van der Waals surface area (Å²) in [5, 5.41) is 1.74. The van der Waals surface area contributed by atoms with Crippen molar-refractivity contribution in [3.05, 3.63) is 137 Å². The minimum absolute atomic E-state index is 0.200. The van der Waals surface area contributed by atoms with Gasteiger partial charge in [0.15, 0.2) is 4.80 Å². The Balaban J connectivity index is 1.51. The zero-order valence-corrected chi connectivity index (χ0v) is 25.4. The number of halogens is 1. The molecule has 0 saturated carbocycles. The van der Waals surface area contributed by atoms with Crippen LogP contribution in [0.4, 0.5) is 0 Å². The maximum Gasteiger partial charge on any atom is 0.338 e. The van der Waals surface area contributed by atoms with Gasteiger partial charge in [-0.25, -0.2) is 9.79 Å². The van der Waals surface area contributed by atoms with Crippen molar-refractivity contribution in [2.45, 2.75) is 39.3 Å². The molecule has 1 aliphatic heterocycles. The third kappa shape index (κ3) is 4.93. The summed E-state index contributed by atoms with van der Waals surface area (Å²) >= 11 is 7.80. The molecule has 2 aromatic heterocycles. The molecular formula is C34H30ClN3O3S. The van der Waals surface area contributed by atoms with Crippen molar-refractivity contribution < 1.29 is 9.53 Å². The van der Waals surface area contributed by atoms with Gasteiger partial charge in [-0.2, -0.15) is 0 Å². The first-order chi connectivity index (χ1) is 20.3. The van der Waals surface area contributed by atoms with Gasteiger partial charge >= 0.3 is 5.97 Å². The standard InChI is InChI=1S/C34H30ClN3O3S/c1-20(2)22-13-15-23(16-14-22)31-30(33(40)41-4)21(3)36-34-38(31)32(39)29(42-34)17-25-19-37(28-12-8-6-10-26(25)28)18-24-9-5-7-11-27(24)35/h5-17,19-20,31H,18H2,1-4H3/b29-17-/t31-/m1/s1. The number of esters is 1. The molecule has 6 rings (SSSR count). The summed E-state index contributed by atoms with van der Waals surface area (Å²) in [7, 11) is 1.35. The fourth-order valence-electron chi connectivity index (χ4n) is 5.54. The van der Waals surface area contributed by atoms with E-state index >= 15 is 0 Å². The van der Waals surface area contributed by atoms with Crippen LogP contribution in [0.5, 0.6) is 0 Å². The summed E-state index contributed by atoms with van der Waals surface area (Å²) in [6.07, 6.45) is 3.98. The average molecular weight is 596 g/mol. The van der Waals surface area contributed by atoms with Crippen molar-refractivity contribution in [3.8, 4) is 0 Å². The SMILES string of the molecule is COC(=O)C1=C(C)N=c2s/c(=C\c3cn(Cc4ccccc4Cl)c4ccccc34)c(=O)n2[C@@H]1c1ccc(C(C)C)cc1. The highest BCUT2D eigenvalue weighted by Crippen LogP contribution is 2.31. The summed E-state index contributed by atoms with van der Waals surface area (Å²) < 4.78 is 9.47. The lowest BCUT2D eigenvalue weighted by Crippen LogP contribution is -2.39. The van der Waals surface area contributed by atoms with E-state index in [-0.39, 0.29) is 5.56 Å². The van der Waals surface area contributed by atoms with E-state index in [1.807, 2.05) is 66.7 Å². The quantitative estimate of drug-likeness (QED) is 0.220. The first-order valence-corrected chi connectivity index (χ1v) is 15.0. The largest absolute Gasteiger partial charge is 0.466 e. The number of hydrogen-bond acceptors (Lipinski definition) is 5. The summed E-state index contributed by atoms with van der Waals surface area (Å²) in [5.74, 6) is -0.135. The van der Waals surface area contributed by atoms with Gasteiger partial charge in [0.05, 0.1) is 29.0 Å². The lowest BCUT2D eigenvalue weighted by atomic mass is 9.93. The molecule has 0 unspecified atom stereocenters. The second-order valence-corrected chi connectivity index (χ2v) is 12.1. The average Bonchev–Trinajstić information content (AvgIpc) is 3.49. The number of rotatable bonds is 6. The number of benzene rings is 3. The van der Waals surface area contributed by atoms with Crippen LogP contribution in [0.3, 0.4) is 0 Å². The number of para-hydroxylation sites is 1. The zero-order chi connectivity index (χ0) is 29.5. The summed E-state index contributed by atoms with van der Waals surface area (Å²) in [6.45, 7) is 6.66. The van der Waals surface area contributed by atoms with Gasteiger partial charge in [0.1, 0.15) is 0 Å². The van der Waals surface area contributed by atoms with Crippen molar-refractivity contribution in [2.75, 3.05) is 7.11 Å². The monoisotopic (exact) mass is 595 g/mol. The number of hydrogen-bond donors (Lipinski definition) is 0. The van der Waals surface area contributed by atoms with Gasteiger partial charge in [-0.3, -0.25) is 9.36 Å². The van der Waals surface area contributed by atoms with Gasteiger partial charge in [0.25, 0.3) is 5.56 Å². The number of fused-ring (bicyclic) bond motifs is 2. The summed E-state index contributed by atoms with van der Waals surface area (Å²) in [6, 6.07) is 23.4. The molecule has 6 nitrogen and oxygen atoms in total. The van der Waals surface area contributed by atoms with Gasteiger partial charge < -0.3 is 9.30 Å². The molecule has 3 heterocycles. The van der Waals surface area contributed by atoms with Crippen molar-refractivity contribution >= 4 is 45.9 Å². The highest BCUT2D eigenvalue weighted by Gasteiger charge is 2.33. The van der Waals surface area contributed by atoms with E-state index in [1.165, 1.54) is 24.0 Å². The number of aromatic nitrogens is 2. The molecule has 1 atom stereocenters. The smallest absolute Gasteiger partial charge is 0.338 e. The number of carbonyl (C=O) groups is 1. The maximum absolute atomic E-state index is 14.1. The van der Waals surface area contributed by atoms with Gasteiger partial charge in [-0.15, -0.1) is 0 Å². The van der Waals surface area contributed by atoms with Crippen molar-refractivity contribution in [1.29, 1.82) is 0 Å². The van der Waals surface area contributed by atoms with Crippen LogP contribution >= 0.6 is 22.9 Å². The molecule has 0 N–H and O–H groups in total. The molecule has 42 heavy (non-hydrogen) atoms. The molecule has 1 aliphatic rings. The molecule has 0 saturated heterocycles. The van der Waals surface area contributed by atoms with Crippen molar-refractivity contribution in [3.63, 3.8) is 0 Å². The Hall–Kier alpha value is -4.20. The number of carbonyl (C=O) groups excluding carboxylic acids is 1. The Morgan fingerprint density at radius 2 is 1.79 bits per heavy atom. The van der Waals surface area contributed by atoms with Crippen LogP contribution in [0, 0.1) is 0 Å². The lowest BCUT2D eigenvalue weighted by Gasteiger charge is -2.24. The molecule has 0 amide bonds. The van der Waals surface area contributed by atoms with Crippen LogP contribution in [-0.2, 0) is 16.1 Å². The fraction of sp³-hybridized carbons (Fsp3) is 0.206. The van der Waals surface area contributed by atoms with Crippen LogP contribution in [0.15, 0.2) is 100 Å². The topological polar surface area (TPSA) is 65.6 Å². The van der Waals surface area contributed by atoms with Gasteiger partial charge in [0, 0.05) is 34.2 Å².